The first-order chi connectivity index (χ1) is 21.1. The predicted octanol–water partition coefficient (Wildman–Crippen LogP) is 7.01. The zero-order chi connectivity index (χ0) is 32.4. The van der Waals surface area contributed by atoms with Crippen LogP contribution >= 0.6 is 11.3 Å². The van der Waals surface area contributed by atoms with Crippen LogP contribution in [0.1, 0.15) is 58.3 Å². The van der Waals surface area contributed by atoms with Crippen molar-refractivity contribution in [2.75, 3.05) is 25.0 Å². The van der Waals surface area contributed by atoms with Crippen LogP contribution in [0.25, 0.3) is 32.2 Å². The summed E-state index contributed by atoms with van der Waals surface area (Å²) in [7, 11) is 0. The molecule has 0 spiro atoms. The highest BCUT2D eigenvalue weighted by atomic mass is 32.1. The van der Waals surface area contributed by atoms with Gasteiger partial charge in [-0.05, 0) is 72.2 Å². The van der Waals surface area contributed by atoms with E-state index < -0.39 is 35.0 Å². The number of hydrogen-bond donors (Lipinski definition) is 1. The van der Waals surface area contributed by atoms with Crippen molar-refractivity contribution >= 4 is 55.7 Å². The number of aryl methyl sites for hydroxylation is 1. The van der Waals surface area contributed by atoms with Crippen molar-refractivity contribution < 1.29 is 32.6 Å². The molecule has 4 aromatic rings. The minimum Gasteiger partial charge on any atom is -0.444 e. The van der Waals surface area contributed by atoms with Gasteiger partial charge in [-0.15, -0.1) is 0 Å². The van der Waals surface area contributed by atoms with E-state index in [1.165, 1.54) is 18.2 Å². The van der Waals surface area contributed by atoms with Crippen molar-refractivity contribution in [2.24, 2.45) is 0 Å². The molecule has 13 heteroatoms. The van der Waals surface area contributed by atoms with Gasteiger partial charge in [0.2, 0.25) is 0 Å². The first-order valence-electron chi connectivity index (χ1n) is 14.8. The molecule has 0 radical (unpaired) electrons. The van der Waals surface area contributed by atoms with E-state index in [4.69, 9.17) is 9.47 Å². The van der Waals surface area contributed by atoms with Gasteiger partial charge in [-0.1, -0.05) is 11.3 Å². The summed E-state index contributed by atoms with van der Waals surface area (Å²) in [5.41, 5.74) is 0.113. The number of carbonyl (C=O) groups is 3. The zero-order valence-electron chi connectivity index (χ0n) is 26.0. The third kappa shape index (κ3) is 5.92. The van der Waals surface area contributed by atoms with Gasteiger partial charge < -0.3 is 23.8 Å². The molecule has 10 nitrogen and oxygen atoms in total. The molecule has 2 aliphatic heterocycles. The molecule has 238 valence electrons. The van der Waals surface area contributed by atoms with Crippen LogP contribution in [0.4, 0.5) is 23.5 Å². The number of amides is 3. The number of halogens is 2. The molecule has 2 aromatic carbocycles. The lowest BCUT2D eigenvalue weighted by Gasteiger charge is -2.42. The standard InChI is InChI=1S/C32H35F2N5O5S/c1-31(2,3)43-29(41)36-28-35-24-18(7-8-21(33)26(24)45-28)23-19-10-12-37-11-9-17-16-38(30(42)44-32(4,5)6)13-14-39(17)27(40)20(25(19)37)15-22(23)34/h7-8,10,12,15,17H,9,11,13-14,16H2,1-6H3,(H,35,36,41)/t17-/m1/s1. The monoisotopic (exact) mass is 639 g/mol. The summed E-state index contributed by atoms with van der Waals surface area (Å²) in [6, 6.07) is 5.42. The van der Waals surface area contributed by atoms with Crippen LogP contribution < -0.4 is 5.32 Å². The molecule has 0 bridgehead atoms. The molecule has 0 unspecified atom stereocenters. The van der Waals surface area contributed by atoms with Crippen LogP contribution in [0.5, 0.6) is 0 Å². The molecule has 2 aromatic heterocycles. The zero-order valence-corrected chi connectivity index (χ0v) is 26.8. The van der Waals surface area contributed by atoms with E-state index in [0.717, 1.165) is 11.3 Å². The Morgan fingerprint density at radius 3 is 2.42 bits per heavy atom. The normalized spacial score (nSPS) is 17.2. The van der Waals surface area contributed by atoms with E-state index in [0.29, 0.717) is 49.1 Å². The third-order valence-electron chi connectivity index (χ3n) is 7.70. The summed E-state index contributed by atoms with van der Waals surface area (Å²) in [6.07, 6.45) is 1.23. The van der Waals surface area contributed by atoms with Gasteiger partial charge in [-0.25, -0.2) is 23.4 Å². The Kier molecular flexibility index (Phi) is 7.50. The number of ether oxygens (including phenoxy) is 2. The predicted molar refractivity (Wildman–Crippen MR) is 168 cm³/mol. The van der Waals surface area contributed by atoms with E-state index in [-0.39, 0.29) is 38.4 Å². The fraction of sp³-hybridized carbons (Fsp3) is 0.438. The van der Waals surface area contributed by atoms with Gasteiger partial charge in [0.15, 0.2) is 5.13 Å². The lowest BCUT2D eigenvalue weighted by molar-refractivity contribution is 0.00286. The molecule has 0 aliphatic carbocycles. The van der Waals surface area contributed by atoms with E-state index in [1.807, 2.05) is 31.5 Å². The lowest BCUT2D eigenvalue weighted by atomic mass is 9.95. The number of aromatic nitrogens is 2. The van der Waals surface area contributed by atoms with Crippen LogP contribution in [-0.2, 0) is 16.0 Å². The van der Waals surface area contributed by atoms with Crippen molar-refractivity contribution in [1.29, 1.82) is 0 Å². The minimum atomic E-state index is -0.744. The number of nitrogens with one attached hydrogen (secondary N) is 1. The molecule has 45 heavy (non-hydrogen) atoms. The Morgan fingerprint density at radius 1 is 0.978 bits per heavy atom. The van der Waals surface area contributed by atoms with Gasteiger partial charge in [-0.2, -0.15) is 0 Å². The molecular weight excluding hydrogens is 604 g/mol. The summed E-state index contributed by atoms with van der Waals surface area (Å²) < 4.78 is 44.1. The average Bonchev–Trinajstić information content (AvgIpc) is 3.54. The number of anilines is 1. The van der Waals surface area contributed by atoms with Gasteiger partial charge in [0.05, 0.1) is 27.3 Å². The van der Waals surface area contributed by atoms with Crippen LogP contribution in [0.2, 0.25) is 0 Å². The Labute approximate surface area is 262 Å². The average molecular weight is 640 g/mol. The second-order valence-corrected chi connectivity index (χ2v) is 14.3. The summed E-state index contributed by atoms with van der Waals surface area (Å²) >= 11 is 0.923. The summed E-state index contributed by atoms with van der Waals surface area (Å²) in [6.45, 7) is 12.0. The SMILES string of the molecule is CC(C)(C)OC(=O)Nc1nc2c(-c3c(F)cc4c5c3ccn5CC[C@@H]3CN(C(=O)OC(C)(C)C)CCN3C4=O)ccc(F)c2s1. The van der Waals surface area contributed by atoms with Gasteiger partial charge in [0.25, 0.3) is 5.91 Å². The number of piperazine rings is 1. The molecule has 6 rings (SSSR count). The van der Waals surface area contributed by atoms with Crippen molar-refractivity contribution in [2.45, 2.75) is 71.8 Å². The lowest BCUT2D eigenvalue weighted by Crippen LogP contribution is -2.57. The van der Waals surface area contributed by atoms with E-state index in [1.54, 1.807) is 36.6 Å². The molecule has 1 N–H and O–H groups in total. The Morgan fingerprint density at radius 2 is 1.71 bits per heavy atom. The summed E-state index contributed by atoms with van der Waals surface area (Å²) in [4.78, 5) is 46.9. The van der Waals surface area contributed by atoms with Crippen LogP contribution in [0.3, 0.4) is 0 Å². The molecule has 3 amide bonds. The highest BCUT2D eigenvalue weighted by Gasteiger charge is 2.37. The van der Waals surface area contributed by atoms with Crippen molar-refractivity contribution in [1.82, 2.24) is 19.4 Å². The van der Waals surface area contributed by atoms with Crippen molar-refractivity contribution in [3.05, 3.63) is 47.7 Å². The van der Waals surface area contributed by atoms with Crippen LogP contribution in [0, 0.1) is 11.6 Å². The fourth-order valence-corrected chi connectivity index (χ4v) is 6.80. The highest BCUT2D eigenvalue weighted by molar-refractivity contribution is 7.22. The number of hydrogen-bond acceptors (Lipinski definition) is 7. The fourth-order valence-electron chi connectivity index (χ4n) is 5.92. The third-order valence-corrected chi connectivity index (χ3v) is 8.68. The smallest absolute Gasteiger partial charge is 0.413 e. The molecule has 1 atom stereocenters. The Bertz CT molecular complexity index is 1850. The van der Waals surface area contributed by atoms with Crippen molar-refractivity contribution in [3.63, 3.8) is 0 Å². The van der Waals surface area contributed by atoms with Crippen LogP contribution in [-0.4, -0.2) is 74.3 Å². The molecule has 0 saturated carbocycles. The summed E-state index contributed by atoms with van der Waals surface area (Å²) in [5, 5.41) is 3.15. The van der Waals surface area contributed by atoms with E-state index in [9.17, 15) is 18.8 Å². The van der Waals surface area contributed by atoms with Crippen molar-refractivity contribution in [3.8, 4) is 11.1 Å². The molecule has 1 saturated heterocycles. The highest BCUT2D eigenvalue weighted by Crippen LogP contribution is 2.42. The number of thiazole rings is 1. The first kappa shape index (κ1) is 30.8. The number of fused-ring (bicyclic) bond motifs is 2. The molecule has 2 aliphatic rings. The Hall–Kier alpha value is -4.26. The maximum Gasteiger partial charge on any atom is 0.413 e. The number of nitrogens with zero attached hydrogens (tertiary/aromatic N) is 4. The maximum absolute atomic E-state index is 16.2. The molecule has 4 heterocycles. The van der Waals surface area contributed by atoms with Gasteiger partial charge in [0.1, 0.15) is 22.8 Å². The first-order valence-corrected chi connectivity index (χ1v) is 15.6. The number of carbonyl (C=O) groups excluding carboxylic acids is 3. The van der Waals surface area contributed by atoms with Gasteiger partial charge in [-0.3, -0.25) is 10.1 Å². The summed E-state index contributed by atoms with van der Waals surface area (Å²) in [5.74, 6) is -1.54. The quantitative estimate of drug-likeness (QED) is 0.253. The number of rotatable bonds is 2. The molecule has 1 fully saturated rings. The molecular formula is C32H35F2N5O5S. The largest absolute Gasteiger partial charge is 0.444 e. The Balaban J connectivity index is 1.37. The van der Waals surface area contributed by atoms with Gasteiger partial charge >= 0.3 is 12.2 Å². The maximum atomic E-state index is 16.2. The minimum absolute atomic E-state index is 0.109. The van der Waals surface area contributed by atoms with E-state index >= 15 is 4.39 Å². The van der Waals surface area contributed by atoms with Gasteiger partial charge in [0, 0.05) is 48.9 Å². The second kappa shape index (κ2) is 11.0. The second-order valence-electron chi connectivity index (χ2n) is 13.3. The topological polar surface area (TPSA) is 106 Å². The number of benzene rings is 2. The van der Waals surface area contributed by atoms with Crippen LogP contribution in [0.15, 0.2) is 30.5 Å². The van der Waals surface area contributed by atoms with E-state index in [2.05, 4.69) is 10.3 Å².